The fourth-order valence-corrected chi connectivity index (χ4v) is 3.13. The van der Waals surface area contributed by atoms with Crippen molar-refractivity contribution in [3.8, 4) is 0 Å². The molecule has 0 amide bonds. The van der Waals surface area contributed by atoms with Crippen molar-refractivity contribution < 1.29 is 0 Å². The minimum atomic E-state index is 0.804. The predicted octanol–water partition coefficient (Wildman–Crippen LogP) is 2.24. The van der Waals surface area contributed by atoms with Gasteiger partial charge in [0.25, 0.3) is 0 Å². The fraction of sp³-hybridized carbons (Fsp3) is 0.538. The lowest BCUT2D eigenvalue weighted by molar-refractivity contribution is 0.347. The van der Waals surface area contributed by atoms with E-state index in [4.69, 9.17) is 0 Å². The molecule has 0 bridgehead atoms. The van der Waals surface area contributed by atoms with Gasteiger partial charge in [-0.05, 0) is 54.8 Å². The van der Waals surface area contributed by atoms with Gasteiger partial charge in [-0.25, -0.2) is 0 Å². The average Bonchev–Trinajstić information content (AvgIpc) is 2.59. The van der Waals surface area contributed by atoms with Crippen molar-refractivity contribution in [2.24, 2.45) is 5.92 Å². The molecule has 14 heavy (non-hydrogen) atoms. The Morgan fingerprint density at radius 1 is 1.36 bits per heavy atom. The Balaban J connectivity index is 2.05. The first kappa shape index (κ1) is 8.49. The highest BCUT2D eigenvalue weighted by Crippen LogP contribution is 2.41. The van der Waals surface area contributed by atoms with Gasteiger partial charge >= 0.3 is 0 Å². The van der Waals surface area contributed by atoms with Crippen LogP contribution in [0.5, 0.6) is 0 Å². The lowest BCUT2D eigenvalue weighted by Gasteiger charge is -2.26. The summed E-state index contributed by atoms with van der Waals surface area (Å²) in [7, 11) is 0. The third-order valence-electron chi connectivity index (χ3n) is 3.94. The monoisotopic (exact) mass is 187 g/mol. The molecule has 2 unspecified atom stereocenters. The van der Waals surface area contributed by atoms with Crippen LogP contribution in [0.15, 0.2) is 18.2 Å². The molecule has 1 nitrogen and oxygen atoms in total. The normalized spacial score (nSPS) is 29.8. The van der Waals surface area contributed by atoms with Crippen LogP contribution in [0, 0.1) is 12.8 Å². The molecule has 1 N–H and O–H groups in total. The first-order chi connectivity index (χ1) is 6.86. The molecule has 1 saturated heterocycles. The molecule has 1 heterocycles. The number of hydrogen-bond acceptors (Lipinski definition) is 1. The van der Waals surface area contributed by atoms with Gasteiger partial charge < -0.3 is 5.32 Å². The highest BCUT2D eigenvalue weighted by molar-refractivity contribution is 5.42. The van der Waals surface area contributed by atoms with Crippen molar-refractivity contribution in [3.05, 3.63) is 34.9 Å². The van der Waals surface area contributed by atoms with Gasteiger partial charge in [-0.15, -0.1) is 0 Å². The van der Waals surface area contributed by atoms with Gasteiger partial charge in [0.2, 0.25) is 0 Å². The molecule has 1 aliphatic heterocycles. The van der Waals surface area contributed by atoms with E-state index in [-0.39, 0.29) is 0 Å². The zero-order valence-electron chi connectivity index (χ0n) is 8.72. The Labute approximate surface area is 85.5 Å². The smallest absolute Gasteiger partial charge is 0.00230 e. The molecule has 1 aromatic carbocycles. The van der Waals surface area contributed by atoms with Crippen LogP contribution in [-0.2, 0) is 6.42 Å². The Morgan fingerprint density at radius 2 is 2.29 bits per heavy atom. The van der Waals surface area contributed by atoms with Crippen LogP contribution in [0.1, 0.15) is 29.0 Å². The largest absolute Gasteiger partial charge is 0.316 e. The van der Waals surface area contributed by atoms with E-state index in [0.717, 1.165) is 11.8 Å². The summed E-state index contributed by atoms with van der Waals surface area (Å²) in [4.78, 5) is 0. The number of hydrogen-bond donors (Lipinski definition) is 1. The first-order valence-electron chi connectivity index (χ1n) is 5.65. The molecule has 0 aromatic heterocycles. The van der Waals surface area contributed by atoms with E-state index >= 15 is 0 Å². The summed E-state index contributed by atoms with van der Waals surface area (Å²) >= 11 is 0. The summed E-state index contributed by atoms with van der Waals surface area (Å²) in [5.74, 6) is 1.73. The number of benzene rings is 1. The molecule has 3 rings (SSSR count). The second kappa shape index (κ2) is 3.09. The third-order valence-corrected chi connectivity index (χ3v) is 3.94. The Kier molecular flexibility index (Phi) is 1.88. The van der Waals surface area contributed by atoms with E-state index in [1.165, 1.54) is 31.5 Å². The zero-order chi connectivity index (χ0) is 9.54. The molecule has 1 heteroatoms. The molecular formula is C13H17N. The molecule has 74 valence electrons. The lowest BCUT2D eigenvalue weighted by atomic mass is 9.87. The topological polar surface area (TPSA) is 12.0 Å². The van der Waals surface area contributed by atoms with Gasteiger partial charge in [-0.1, -0.05) is 18.2 Å². The van der Waals surface area contributed by atoms with E-state index < -0.39 is 0 Å². The fourth-order valence-electron chi connectivity index (χ4n) is 3.13. The van der Waals surface area contributed by atoms with Crippen LogP contribution in [0.25, 0.3) is 0 Å². The van der Waals surface area contributed by atoms with E-state index in [1.54, 1.807) is 11.1 Å². The standard InChI is InChI=1S/C13H17N/c1-9-3-2-4-11-12(9)7-10-5-6-14-8-13(10)11/h2-4,10,13-14H,5-8H2,1H3. The summed E-state index contributed by atoms with van der Waals surface area (Å²) in [6.45, 7) is 4.67. The summed E-state index contributed by atoms with van der Waals surface area (Å²) in [5, 5.41) is 3.52. The minimum absolute atomic E-state index is 0.804. The molecule has 1 fully saturated rings. The summed E-state index contributed by atoms with van der Waals surface area (Å²) in [6, 6.07) is 6.80. The molecular weight excluding hydrogens is 170 g/mol. The van der Waals surface area contributed by atoms with Crippen molar-refractivity contribution in [1.29, 1.82) is 0 Å². The van der Waals surface area contributed by atoms with Gasteiger partial charge in [0.1, 0.15) is 0 Å². The van der Waals surface area contributed by atoms with E-state index in [0.29, 0.717) is 0 Å². The number of piperidine rings is 1. The SMILES string of the molecule is Cc1cccc2c1CC1CCNCC21. The molecule has 0 spiro atoms. The number of nitrogens with one attached hydrogen (secondary N) is 1. The van der Waals surface area contributed by atoms with Gasteiger partial charge in [0.05, 0.1) is 0 Å². The molecule has 2 aliphatic rings. The summed E-state index contributed by atoms with van der Waals surface area (Å²) in [5.41, 5.74) is 4.77. The maximum Gasteiger partial charge on any atom is 0.00230 e. The van der Waals surface area contributed by atoms with Crippen LogP contribution < -0.4 is 5.32 Å². The van der Waals surface area contributed by atoms with E-state index in [9.17, 15) is 0 Å². The van der Waals surface area contributed by atoms with Crippen molar-refractivity contribution in [1.82, 2.24) is 5.32 Å². The molecule has 2 atom stereocenters. The maximum absolute atomic E-state index is 3.52. The summed E-state index contributed by atoms with van der Waals surface area (Å²) < 4.78 is 0. The average molecular weight is 187 g/mol. The van der Waals surface area contributed by atoms with E-state index in [2.05, 4.69) is 30.4 Å². The van der Waals surface area contributed by atoms with E-state index in [1.807, 2.05) is 0 Å². The highest BCUT2D eigenvalue weighted by atomic mass is 14.9. The van der Waals surface area contributed by atoms with Crippen molar-refractivity contribution in [3.63, 3.8) is 0 Å². The van der Waals surface area contributed by atoms with Crippen LogP contribution in [-0.4, -0.2) is 13.1 Å². The van der Waals surface area contributed by atoms with Crippen molar-refractivity contribution in [2.75, 3.05) is 13.1 Å². The number of fused-ring (bicyclic) bond motifs is 3. The molecule has 1 aromatic rings. The minimum Gasteiger partial charge on any atom is -0.316 e. The summed E-state index contributed by atoms with van der Waals surface area (Å²) in [6.07, 6.45) is 2.69. The highest BCUT2D eigenvalue weighted by Gasteiger charge is 2.34. The van der Waals surface area contributed by atoms with Gasteiger partial charge in [0, 0.05) is 6.54 Å². The van der Waals surface area contributed by atoms with Crippen LogP contribution in [0.2, 0.25) is 0 Å². The van der Waals surface area contributed by atoms with Crippen molar-refractivity contribution >= 4 is 0 Å². The second-order valence-electron chi connectivity index (χ2n) is 4.71. The van der Waals surface area contributed by atoms with Gasteiger partial charge in [-0.3, -0.25) is 0 Å². The van der Waals surface area contributed by atoms with Crippen LogP contribution in [0.4, 0.5) is 0 Å². The molecule has 0 radical (unpaired) electrons. The predicted molar refractivity (Wildman–Crippen MR) is 58.6 cm³/mol. The number of rotatable bonds is 0. The second-order valence-corrected chi connectivity index (χ2v) is 4.71. The Hall–Kier alpha value is -0.820. The van der Waals surface area contributed by atoms with Gasteiger partial charge in [0.15, 0.2) is 0 Å². The molecule has 1 aliphatic carbocycles. The van der Waals surface area contributed by atoms with Gasteiger partial charge in [-0.2, -0.15) is 0 Å². The first-order valence-corrected chi connectivity index (χ1v) is 5.65. The Morgan fingerprint density at radius 3 is 3.21 bits per heavy atom. The zero-order valence-corrected chi connectivity index (χ0v) is 8.72. The quantitative estimate of drug-likeness (QED) is 0.657. The third kappa shape index (κ3) is 1.12. The Bertz CT molecular complexity index is 356. The molecule has 0 saturated carbocycles. The maximum atomic E-state index is 3.52. The van der Waals surface area contributed by atoms with Crippen molar-refractivity contribution in [2.45, 2.75) is 25.7 Å². The van der Waals surface area contributed by atoms with Crippen LogP contribution >= 0.6 is 0 Å². The van der Waals surface area contributed by atoms with Crippen LogP contribution in [0.3, 0.4) is 0 Å². The lowest BCUT2D eigenvalue weighted by Crippen LogP contribution is -2.32. The number of aryl methyl sites for hydroxylation is 1.